The summed E-state index contributed by atoms with van der Waals surface area (Å²) in [6.45, 7) is -0.393. The van der Waals surface area contributed by atoms with Crippen LogP contribution in [0.4, 0.5) is 5.69 Å². The first-order valence-electron chi connectivity index (χ1n) is 8.44. The van der Waals surface area contributed by atoms with Crippen LogP contribution in [0.5, 0.6) is 5.75 Å². The number of carbonyl (C=O) groups excluding carboxylic acids is 1. The quantitative estimate of drug-likeness (QED) is 0.567. The van der Waals surface area contributed by atoms with Crippen LogP contribution < -0.4 is 10.1 Å². The monoisotopic (exact) mass is 449 g/mol. The topological polar surface area (TPSA) is 128 Å². The van der Waals surface area contributed by atoms with E-state index in [0.29, 0.717) is 5.02 Å². The average Bonchev–Trinajstić information content (AvgIpc) is 3.16. The van der Waals surface area contributed by atoms with E-state index in [2.05, 4.69) is 10.4 Å². The van der Waals surface area contributed by atoms with Crippen LogP contribution in [0.2, 0.25) is 5.02 Å². The van der Waals surface area contributed by atoms with Crippen molar-refractivity contribution in [2.45, 2.75) is 16.3 Å². The third kappa shape index (κ3) is 4.78. The van der Waals surface area contributed by atoms with Crippen LogP contribution in [-0.2, 0) is 21.2 Å². The van der Waals surface area contributed by atoms with E-state index in [4.69, 9.17) is 21.4 Å². The minimum atomic E-state index is -3.89. The zero-order valence-corrected chi connectivity index (χ0v) is 17.1. The van der Waals surface area contributed by atoms with Gasteiger partial charge in [-0.2, -0.15) is 5.10 Å². The molecule has 0 aliphatic rings. The second-order valence-corrected chi connectivity index (χ2v) is 8.52. The third-order valence-corrected chi connectivity index (χ3v) is 6.00. The van der Waals surface area contributed by atoms with E-state index in [9.17, 15) is 18.0 Å². The van der Waals surface area contributed by atoms with E-state index in [-0.39, 0.29) is 26.8 Å². The molecule has 3 aromatic rings. The van der Waals surface area contributed by atoms with Gasteiger partial charge in [0.1, 0.15) is 12.3 Å². The van der Waals surface area contributed by atoms with Crippen molar-refractivity contribution in [2.24, 2.45) is 0 Å². The van der Waals surface area contributed by atoms with Gasteiger partial charge in [-0.05, 0) is 36.4 Å². The Morgan fingerprint density at radius 2 is 1.87 bits per heavy atom. The first kappa shape index (κ1) is 21.3. The minimum absolute atomic E-state index is 0.0346. The average molecular weight is 450 g/mol. The molecular weight excluding hydrogens is 434 g/mol. The molecule has 0 unspecified atom stereocenters. The van der Waals surface area contributed by atoms with E-state index in [1.165, 1.54) is 62.0 Å². The molecule has 0 bridgehead atoms. The van der Waals surface area contributed by atoms with Gasteiger partial charge in [-0.3, -0.25) is 14.3 Å². The molecule has 1 amide bonds. The fraction of sp³-hybridized carbons (Fsp3) is 0.105. The van der Waals surface area contributed by atoms with Gasteiger partial charge in [-0.1, -0.05) is 11.6 Å². The molecular formula is C19H16ClN3O6S. The molecule has 3 rings (SSSR count). The number of rotatable bonds is 7. The Kier molecular flexibility index (Phi) is 6.09. The molecule has 0 aliphatic carbocycles. The lowest BCUT2D eigenvalue weighted by Gasteiger charge is -2.11. The maximum atomic E-state index is 12.9. The van der Waals surface area contributed by atoms with Crippen molar-refractivity contribution in [1.82, 2.24) is 9.78 Å². The number of carbonyl (C=O) groups is 2. The van der Waals surface area contributed by atoms with Crippen molar-refractivity contribution in [2.75, 3.05) is 12.4 Å². The highest BCUT2D eigenvalue weighted by Gasteiger charge is 2.20. The lowest BCUT2D eigenvalue weighted by Crippen LogP contribution is -2.13. The Bertz CT molecular complexity index is 1210. The summed E-state index contributed by atoms with van der Waals surface area (Å²) in [5, 5.41) is 15.6. The molecule has 0 spiro atoms. The SMILES string of the molecule is COc1cc(NC(=O)c2cnn(CC(=O)O)c2)cc(S(=O)(=O)c2ccc(Cl)cc2)c1. The molecule has 0 fully saturated rings. The van der Waals surface area contributed by atoms with E-state index >= 15 is 0 Å². The Morgan fingerprint density at radius 3 is 2.50 bits per heavy atom. The van der Waals surface area contributed by atoms with Crippen LogP contribution in [0.15, 0.2) is 64.6 Å². The molecule has 1 heterocycles. The maximum absolute atomic E-state index is 12.9. The molecule has 1 aromatic heterocycles. The van der Waals surface area contributed by atoms with Gasteiger partial charge in [-0.15, -0.1) is 0 Å². The normalized spacial score (nSPS) is 11.1. The number of anilines is 1. The number of carboxylic acid groups (broad SMARTS) is 1. The predicted molar refractivity (Wildman–Crippen MR) is 108 cm³/mol. The van der Waals surface area contributed by atoms with Gasteiger partial charge in [-0.25, -0.2) is 8.42 Å². The zero-order chi connectivity index (χ0) is 21.9. The molecule has 0 saturated heterocycles. The molecule has 11 heteroatoms. The summed E-state index contributed by atoms with van der Waals surface area (Å²) < 4.78 is 32.2. The Labute approximate surface area is 176 Å². The van der Waals surface area contributed by atoms with Crippen LogP contribution in [0, 0.1) is 0 Å². The molecule has 0 saturated carbocycles. The van der Waals surface area contributed by atoms with E-state index in [1.807, 2.05) is 0 Å². The standard InChI is InChI=1S/C19H16ClN3O6S/c1-29-15-6-14(22-19(26)12-9-21-23(10-12)11-18(24)25)7-17(8-15)30(27,28)16-4-2-13(20)3-5-16/h2-10H,11H2,1H3,(H,22,26)(H,24,25). The molecule has 2 N–H and O–H groups in total. The fourth-order valence-corrected chi connectivity index (χ4v) is 4.02. The largest absolute Gasteiger partial charge is 0.497 e. The number of nitrogens with one attached hydrogen (secondary N) is 1. The minimum Gasteiger partial charge on any atom is -0.497 e. The summed E-state index contributed by atoms with van der Waals surface area (Å²) in [5.41, 5.74) is 0.291. The number of methoxy groups -OCH3 is 1. The van der Waals surface area contributed by atoms with Crippen molar-refractivity contribution < 1.29 is 27.9 Å². The number of ether oxygens (including phenoxy) is 1. The molecule has 0 aliphatic heterocycles. The van der Waals surface area contributed by atoms with Crippen LogP contribution in [0.25, 0.3) is 0 Å². The highest BCUT2D eigenvalue weighted by atomic mass is 35.5. The summed E-state index contributed by atoms with van der Waals surface area (Å²) in [7, 11) is -2.52. The number of halogens is 1. The van der Waals surface area contributed by atoms with Crippen molar-refractivity contribution in [3.8, 4) is 5.75 Å². The number of sulfone groups is 1. The van der Waals surface area contributed by atoms with Crippen molar-refractivity contribution in [3.63, 3.8) is 0 Å². The molecule has 30 heavy (non-hydrogen) atoms. The fourth-order valence-electron chi connectivity index (χ4n) is 2.58. The lowest BCUT2D eigenvalue weighted by molar-refractivity contribution is -0.137. The summed E-state index contributed by atoms with van der Waals surface area (Å²) in [6.07, 6.45) is 2.48. The van der Waals surface area contributed by atoms with Crippen molar-refractivity contribution in [1.29, 1.82) is 0 Å². The number of benzene rings is 2. The number of hydrogen-bond acceptors (Lipinski definition) is 6. The van der Waals surface area contributed by atoms with E-state index in [1.54, 1.807) is 0 Å². The maximum Gasteiger partial charge on any atom is 0.325 e. The number of aliphatic carboxylic acids is 1. The summed E-state index contributed by atoms with van der Waals surface area (Å²) in [6, 6.07) is 9.79. The predicted octanol–water partition coefficient (Wildman–Crippen LogP) is 2.71. The van der Waals surface area contributed by atoms with E-state index < -0.39 is 28.3 Å². The van der Waals surface area contributed by atoms with Gasteiger partial charge in [0.2, 0.25) is 9.84 Å². The number of carboxylic acids is 1. The van der Waals surface area contributed by atoms with Crippen LogP contribution >= 0.6 is 11.6 Å². The van der Waals surface area contributed by atoms with Crippen molar-refractivity contribution in [3.05, 3.63) is 65.4 Å². The summed E-state index contributed by atoms with van der Waals surface area (Å²) in [4.78, 5) is 23.2. The summed E-state index contributed by atoms with van der Waals surface area (Å²) in [5.74, 6) is -1.47. The van der Waals surface area contributed by atoms with Crippen LogP contribution in [0.1, 0.15) is 10.4 Å². The van der Waals surface area contributed by atoms with Gasteiger partial charge < -0.3 is 15.2 Å². The number of hydrogen-bond donors (Lipinski definition) is 2. The van der Waals surface area contributed by atoms with Gasteiger partial charge in [0.15, 0.2) is 0 Å². The highest BCUT2D eigenvalue weighted by molar-refractivity contribution is 7.91. The van der Waals surface area contributed by atoms with Gasteiger partial charge in [0.05, 0.1) is 28.7 Å². The van der Waals surface area contributed by atoms with Crippen molar-refractivity contribution >= 4 is 39.0 Å². The van der Waals surface area contributed by atoms with E-state index in [0.717, 1.165) is 4.68 Å². The number of nitrogens with zero attached hydrogens (tertiary/aromatic N) is 2. The smallest absolute Gasteiger partial charge is 0.325 e. The van der Waals surface area contributed by atoms with Crippen LogP contribution in [-0.4, -0.2) is 42.3 Å². The first-order valence-corrected chi connectivity index (χ1v) is 10.3. The second kappa shape index (κ2) is 8.56. The zero-order valence-electron chi connectivity index (χ0n) is 15.6. The second-order valence-electron chi connectivity index (χ2n) is 6.13. The van der Waals surface area contributed by atoms with Gasteiger partial charge in [0, 0.05) is 23.0 Å². The van der Waals surface area contributed by atoms with Crippen LogP contribution in [0.3, 0.4) is 0 Å². The lowest BCUT2D eigenvalue weighted by atomic mass is 10.2. The van der Waals surface area contributed by atoms with Gasteiger partial charge >= 0.3 is 5.97 Å². The molecule has 0 radical (unpaired) electrons. The first-order chi connectivity index (χ1) is 14.2. The Balaban J connectivity index is 1.91. The molecule has 9 nitrogen and oxygen atoms in total. The molecule has 2 aromatic carbocycles. The van der Waals surface area contributed by atoms with Gasteiger partial charge in [0.25, 0.3) is 5.91 Å². The highest BCUT2D eigenvalue weighted by Crippen LogP contribution is 2.29. The Hall–Kier alpha value is -3.37. The molecule has 156 valence electrons. The third-order valence-electron chi connectivity index (χ3n) is 4.00. The number of aromatic nitrogens is 2. The summed E-state index contributed by atoms with van der Waals surface area (Å²) >= 11 is 5.82. The number of amides is 1. The molecule has 0 atom stereocenters. The Morgan fingerprint density at radius 1 is 1.17 bits per heavy atom.